The lowest BCUT2D eigenvalue weighted by Gasteiger charge is -2.16. The predicted octanol–water partition coefficient (Wildman–Crippen LogP) is 2.90. The molecular formula is C10H12BrFO. The van der Waals surface area contributed by atoms with Crippen LogP contribution >= 0.6 is 15.9 Å². The van der Waals surface area contributed by atoms with Crippen molar-refractivity contribution in [3.05, 3.63) is 34.1 Å². The summed E-state index contributed by atoms with van der Waals surface area (Å²) in [7, 11) is 0. The molecule has 0 bridgehead atoms. The highest BCUT2D eigenvalue weighted by molar-refractivity contribution is 9.10. The lowest BCUT2D eigenvalue weighted by molar-refractivity contribution is 0.0809. The van der Waals surface area contributed by atoms with Crippen LogP contribution in [0.3, 0.4) is 0 Å². The Balaban J connectivity index is 2.86. The summed E-state index contributed by atoms with van der Waals surface area (Å²) >= 11 is 3.07. The second kappa shape index (κ2) is 3.76. The molecule has 1 aromatic rings. The van der Waals surface area contributed by atoms with Gasteiger partial charge in [-0.3, -0.25) is 0 Å². The molecule has 0 aliphatic carbocycles. The molecule has 1 nitrogen and oxygen atoms in total. The summed E-state index contributed by atoms with van der Waals surface area (Å²) in [5.74, 6) is -0.290. The van der Waals surface area contributed by atoms with E-state index in [4.69, 9.17) is 0 Å². The Morgan fingerprint density at radius 2 is 2.08 bits per heavy atom. The van der Waals surface area contributed by atoms with Gasteiger partial charge in [-0.25, -0.2) is 4.39 Å². The van der Waals surface area contributed by atoms with Crippen LogP contribution in [-0.4, -0.2) is 10.7 Å². The molecule has 72 valence electrons. The number of halogens is 2. The Morgan fingerprint density at radius 1 is 1.46 bits per heavy atom. The minimum Gasteiger partial charge on any atom is -0.390 e. The zero-order chi connectivity index (χ0) is 10.1. The maximum atomic E-state index is 13.0. The van der Waals surface area contributed by atoms with Crippen molar-refractivity contribution in [2.75, 3.05) is 0 Å². The van der Waals surface area contributed by atoms with Crippen molar-refractivity contribution in [1.29, 1.82) is 0 Å². The third-order valence-corrected chi connectivity index (χ3v) is 2.26. The first-order valence-electron chi connectivity index (χ1n) is 4.05. The van der Waals surface area contributed by atoms with Crippen molar-refractivity contribution in [1.82, 2.24) is 0 Å². The van der Waals surface area contributed by atoms with Gasteiger partial charge < -0.3 is 5.11 Å². The van der Waals surface area contributed by atoms with Crippen LogP contribution in [-0.2, 0) is 6.42 Å². The minimum atomic E-state index is -0.791. The molecule has 0 unspecified atom stereocenters. The molecule has 13 heavy (non-hydrogen) atoms. The van der Waals surface area contributed by atoms with E-state index in [0.717, 1.165) is 5.56 Å². The Morgan fingerprint density at radius 3 is 2.54 bits per heavy atom. The third-order valence-electron chi connectivity index (χ3n) is 1.62. The molecule has 1 rings (SSSR count). The van der Waals surface area contributed by atoms with Crippen molar-refractivity contribution in [3.8, 4) is 0 Å². The summed E-state index contributed by atoms with van der Waals surface area (Å²) < 4.78 is 13.5. The van der Waals surface area contributed by atoms with Gasteiger partial charge >= 0.3 is 0 Å². The second-order valence-corrected chi connectivity index (χ2v) is 4.59. The van der Waals surface area contributed by atoms with E-state index in [9.17, 15) is 9.50 Å². The molecule has 0 spiro atoms. The van der Waals surface area contributed by atoms with Gasteiger partial charge in [0.15, 0.2) is 0 Å². The summed E-state index contributed by atoms with van der Waals surface area (Å²) in [6.45, 7) is 3.40. The summed E-state index contributed by atoms with van der Waals surface area (Å²) in [5.41, 5.74) is 0.00786. The van der Waals surface area contributed by atoms with Crippen LogP contribution < -0.4 is 0 Å². The molecule has 3 heteroatoms. The number of hydrogen-bond donors (Lipinski definition) is 1. The van der Waals surface area contributed by atoms with Gasteiger partial charge in [0.2, 0.25) is 0 Å². The van der Waals surface area contributed by atoms with E-state index in [1.165, 1.54) is 6.07 Å². The molecule has 1 aromatic carbocycles. The maximum absolute atomic E-state index is 13.0. The topological polar surface area (TPSA) is 20.2 Å². The third kappa shape index (κ3) is 3.44. The quantitative estimate of drug-likeness (QED) is 0.851. The van der Waals surface area contributed by atoms with Crippen molar-refractivity contribution < 1.29 is 9.50 Å². The highest BCUT2D eigenvalue weighted by Gasteiger charge is 2.14. The smallest absolute Gasteiger partial charge is 0.137 e. The van der Waals surface area contributed by atoms with Crippen molar-refractivity contribution in [3.63, 3.8) is 0 Å². The summed E-state index contributed by atoms with van der Waals surface area (Å²) in [4.78, 5) is 0. The van der Waals surface area contributed by atoms with Gasteiger partial charge in [0.1, 0.15) is 5.82 Å². The van der Waals surface area contributed by atoms with Gasteiger partial charge in [0.05, 0.1) is 10.1 Å². The lowest BCUT2D eigenvalue weighted by atomic mass is 9.99. The van der Waals surface area contributed by atoms with Crippen molar-refractivity contribution >= 4 is 15.9 Å². The molecule has 0 aliphatic rings. The van der Waals surface area contributed by atoms with E-state index in [2.05, 4.69) is 15.9 Å². The largest absolute Gasteiger partial charge is 0.390 e. The van der Waals surface area contributed by atoms with E-state index in [1.807, 2.05) is 0 Å². The zero-order valence-corrected chi connectivity index (χ0v) is 9.23. The van der Waals surface area contributed by atoms with Crippen LogP contribution in [0.15, 0.2) is 22.7 Å². The van der Waals surface area contributed by atoms with Crippen LogP contribution in [0.1, 0.15) is 19.4 Å². The molecule has 0 fully saturated rings. The number of rotatable bonds is 2. The van der Waals surface area contributed by atoms with E-state index in [0.29, 0.717) is 10.9 Å². The number of aliphatic hydroxyl groups is 1. The van der Waals surface area contributed by atoms with Gasteiger partial charge in [-0.15, -0.1) is 0 Å². The molecule has 0 atom stereocenters. The fourth-order valence-corrected chi connectivity index (χ4v) is 1.40. The summed E-state index contributed by atoms with van der Waals surface area (Å²) in [6, 6.07) is 4.88. The van der Waals surface area contributed by atoms with E-state index >= 15 is 0 Å². The average molecular weight is 247 g/mol. The van der Waals surface area contributed by atoms with E-state index in [-0.39, 0.29) is 5.82 Å². The first-order chi connectivity index (χ1) is 5.88. The molecule has 0 heterocycles. The fourth-order valence-electron chi connectivity index (χ4n) is 1.15. The Labute approximate surface area is 85.7 Å². The molecule has 0 aliphatic heterocycles. The van der Waals surface area contributed by atoms with Gasteiger partial charge in [-0.1, -0.05) is 6.07 Å². The maximum Gasteiger partial charge on any atom is 0.137 e. The molecule has 0 amide bonds. The Bertz CT molecular complexity index is 304. The highest BCUT2D eigenvalue weighted by atomic mass is 79.9. The lowest BCUT2D eigenvalue weighted by Crippen LogP contribution is -2.21. The number of hydrogen-bond acceptors (Lipinski definition) is 1. The van der Waals surface area contributed by atoms with Crippen LogP contribution in [0.25, 0.3) is 0 Å². The molecule has 0 radical (unpaired) electrons. The van der Waals surface area contributed by atoms with Crippen molar-refractivity contribution in [2.24, 2.45) is 0 Å². The monoisotopic (exact) mass is 246 g/mol. The second-order valence-electron chi connectivity index (χ2n) is 3.74. The fraction of sp³-hybridized carbons (Fsp3) is 0.400. The molecular weight excluding hydrogens is 235 g/mol. The molecule has 0 aromatic heterocycles. The first-order valence-corrected chi connectivity index (χ1v) is 4.84. The van der Waals surface area contributed by atoms with E-state index < -0.39 is 5.60 Å². The Kier molecular flexibility index (Phi) is 3.09. The van der Waals surface area contributed by atoms with Crippen LogP contribution in [0.4, 0.5) is 4.39 Å². The van der Waals surface area contributed by atoms with Gasteiger partial charge in [-0.05, 0) is 47.5 Å². The Hall–Kier alpha value is -0.410. The summed E-state index contributed by atoms with van der Waals surface area (Å²) in [6.07, 6.45) is 0.456. The SMILES string of the molecule is CC(C)(O)Cc1ccc(Br)c(F)c1. The predicted molar refractivity (Wildman–Crippen MR) is 54.1 cm³/mol. The summed E-state index contributed by atoms with van der Waals surface area (Å²) in [5, 5.41) is 9.50. The van der Waals surface area contributed by atoms with Crippen LogP contribution in [0, 0.1) is 5.82 Å². The number of benzene rings is 1. The minimum absolute atomic E-state index is 0.290. The van der Waals surface area contributed by atoms with Gasteiger partial charge in [0.25, 0.3) is 0 Å². The zero-order valence-electron chi connectivity index (χ0n) is 7.64. The van der Waals surface area contributed by atoms with E-state index in [1.54, 1.807) is 26.0 Å². The van der Waals surface area contributed by atoms with Gasteiger partial charge in [0, 0.05) is 6.42 Å². The van der Waals surface area contributed by atoms with Crippen LogP contribution in [0.2, 0.25) is 0 Å². The molecule has 0 saturated heterocycles. The highest BCUT2D eigenvalue weighted by Crippen LogP contribution is 2.19. The molecule has 0 saturated carbocycles. The van der Waals surface area contributed by atoms with Gasteiger partial charge in [-0.2, -0.15) is 0 Å². The molecule has 1 N–H and O–H groups in total. The van der Waals surface area contributed by atoms with Crippen LogP contribution in [0.5, 0.6) is 0 Å². The first kappa shape index (κ1) is 10.7. The normalized spacial score (nSPS) is 11.8. The standard InChI is InChI=1S/C10H12BrFO/c1-10(2,13)6-7-3-4-8(11)9(12)5-7/h3-5,13H,6H2,1-2H3. The van der Waals surface area contributed by atoms with Crippen molar-refractivity contribution in [2.45, 2.75) is 25.9 Å². The average Bonchev–Trinajstić information content (AvgIpc) is 1.94.